The Morgan fingerprint density at radius 2 is 1.70 bits per heavy atom. The molecule has 27 heavy (non-hydrogen) atoms. The largest absolute Gasteiger partial charge is 0.460 e. The Kier molecular flexibility index (Phi) is 4.41. The number of ether oxygens (including phenoxy) is 3. The standard InChI is InChI=1S/C21H30O6/c1-9-6-12-11-7-13(14(8-11)19(23)27-21(3,4)5)17(12)25-16(9)15-10(2)18(22)26-20(15)24/h9-17H,6-8H2,1-5H3. The van der Waals surface area contributed by atoms with E-state index in [1.807, 2.05) is 20.8 Å². The summed E-state index contributed by atoms with van der Waals surface area (Å²) < 4.78 is 17.0. The van der Waals surface area contributed by atoms with Crippen LogP contribution in [0.1, 0.15) is 53.9 Å². The average molecular weight is 378 g/mol. The predicted octanol–water partition coefficient (Wildman–Crippen LogP) is 2.73. The molecule has 4 fully saturated rings. The van der Waals surface area contributed by atoms with E-state index in [9.17, 15) is 14.4 Å². The lowest BCUT2D eigenvalue weighted by Gasteiger charge is -2.45. The van der Waals surface area contributed by atoms with E-state index >= 15 is 0 Å². The zero-order chi connectivity index (χ0) is 19.7. The van der Waals surface area contributed by atoms with Crippen LogP contribution in [0.2, 0.25) is 0 Å². The molecule has 2 saturated carbocycles. The smallest absolute Gasteiger partial charge is 0.320 e. The Balaban J connectivity index is 1.51. The first-order chi connectivity index (χ1) is 12.6. The molecule has 4 rings (SSSR count). The highest BCUT2D eigenvalue weighted by molar-refractivity contribution is 5.96. The molecule has 2 bridgehead atoms. The fourth-order valence-corrected chi connectivity index (χ4v) is 5.93. The molecule has 9 atom stereocenters. The van der Waals surface area contributed by atoms with E-state index in [0.717, 1.165) is 19.3 Å². The van der Waals surface area contributed by atoms with Crippen molar-refractivity contribution in [2.45, 2.75) is 71.7 Å². The third-order valence-electron chi connectivity index (χ3n) is 7.06. The first-order valence-electron chi connectivity index (χ1n) is 10.2. The number of fused-ring (bicyclic) bond motifs is 5. The summed E-state index contributed by atoms with van der Waals surface area (Å²) >= 11 is 0. The fraction of sp³-hybridized carbons (Fsp3) is 0.857. The van der Waals surface area contributed by atoms with Gasteiger partial charge in [-0.2, -0.15) is 0 Å². The molecule has 6 nitrogen and oxygen atoms in total. The zero-order valence-electron chi connectivity index (χ0n) is 16.8. The van der Waals surface area contributed by atoms with Crippen LogP contribution in [-0.4, -0.2) is 35.7 Å². The highest BCUT2D eigenvalue weighted by atomic mass is 16.6. The fourth-order valence-electron chi connectivity index (χ4n) is 5.93. The third-order valence-corrected chi connectivity index (χ3v) is 7.06. The number of esters is 3. The Hall–Kier alpha value is -1.43. The zero-order valence-corrected chi connectivity index (χ0v) is 16.8. The van der Waals surface area contributed by atoms with Gasteiger partial charge < -0.3 is 14.2 Å². The first-order valence-corrected chi connectivity index (χ1v) is 10.2. The minimum Gasteiger partial charge on any atom is -0.460 e. The van der Waals surface area contributed by atoms with Crippen LogP contribution in [0.25, 0.3) is 0 Å². The maximum absolute atomic E-state index is 12.7. The van der Waals surface area contributed by atoms with Crippen LogP contribution in [0.5, 0.6) is 0 Å². The molecule has 6 heteroatoms. The molecule has 0 aromatic rings. The highest BCUT2D eigenvalue weighted by Gasteiger charge is 2.61. The molecule has 0 aromatic carbocycles. The van der Waals surface area contributed by atoms with Crippen molar-refractivity contribution < 1.29 is 28.6 Å². The Labute approximate surface area is 160 Å². The lowest BCUT2D eigenvalue weighted by atomic mass is 9.71. The van der Waals surface area contributed by atoms with E-state index < -0.39 is 29.4 Å². The molecule has 0 spiro atoms. The summed E-state index contributed by atoms with van der Waals surface area (Å²) in [6, 6.07) is 0. The van der Waals surface area contributed by atoms with Gasteiger partial charge in [0.05, 0.1) is 30.0 Å². The summed E-state index contributed by atoms with van der Waals surface area (Å²) in [5.74, 6) is -0.926. The third kappa shape index (κ3) is 3.10. The number of carbonyl (C=O) groups is 3. The van der Waals surface area contributed by atoms with E-state index in [4.69, 9.17) is 14.2 Å². The van der Waals surface area contributed by atoms with Crippen LogP contribution in [0.15, 0.2) is 0 Å². The summed E-state index contributed by atoms with van der Waals surface area (Å²) in [4.78, 5) is 36.7. The molecule has 2 aliphatic heterocycles. The van der Waals surface area contributed by atoms with E-state index in [1.54, 1.807) is 6.92 Å². The van der Waals surface area contributed by atoms with E-state index in [-0.39, 0.29) is 35.9 Å². The van der Waals surface area contributed by atoms with Gasteiger partial charge in [0.2, 0.25) is 0 Å². The second kappa shape index (κ2) is 6.29. The van der Waals surface area contributed by atoms with Gasteiger partial charge in [-0.15, -0.1) is 0 Å². The second-order valence-electron chi connectivity index (χ2n) is 10.0. The minimum atomic E-state index is -0.535. The topological polar surface area (TPSA) is 78.9 Å². The van der Waals surface area contributed by atoms with Crippen molar-refractivity contribution in [1.29, 1.82) is 0 Å². The number of carbonyl (C=O) groups excluding carboxylic acids is 3. The Bertz CT molecular complexity index is 664. The number of cyclic esters (lactones) is 2. The van der Waals surface area contributed by atoms with Crippen LogP contribution in [0.3, 0.4) is 0 Å². The van der Waals surface area contributed by atoms with Crippen molar-refractivity contribution in [1.82, 2.24) is 0 Å². The van der Waals surface area contributed by atoms with Gasteiger partial charge in [0.25, 0.3) is 0 Å². The van der Waals surface area contributed by atoms with Crippen molar-refractivity contribution in [2.24, 2.45) is 41.4 Å². The molecule has 150 valence electrons. The van der Waals surface area contributed by atoms with Gasteiger partial charge in [-0.25, -0.2) is 0 Å². The van der Waals surface area contributed by atoms with Gasteiger partial charge in [-0.1, -0.05) is 13.8 Å². The number of hydrogen-bond acceptors (Lipinski definition) is 6. The van der Waals surface area contributed by atoms with Crippen LogP contribution < -0.4 is 0 Å². The van der Waals surface area contributed by atoms with Gasteiger partial charge in [0.15, 0.2) is 0 Å². The summed E-state index contributed by atoms with van der Waals surface area (Å²) in [5, 5.41) is 0. The monoisotopic (exact) mass is 378 g/mol. The number of rotatable bonds is 2. The predicted molar refractivity (Wildman–Crippen MR) is 95.2 cm³/mol. The normalized spacial score (nSPS) is 46.3. The summed E-state index contributed by atoms with van der Waals surface area (Å²) in [7, 11) is 0. The lowest BCUT2D eigenvalue weighted by Crippen LogP contribution is -2.50. The van der Waals surface area contributed by atoms with Crippen LogP contribution >= 0.6 is 0 Å². The van der Waals surface area contributed by atoms with Gasteiger partial charge >= 0.3 is 17.9 Å². The Morgan fingerprint density at radius 1 is 1.00 bits per heavy atom. The van der Waals surface area contributed by atoms with Crippen LogP contribution in [0.4, 0.5) is 0 Å². The van der Waals surface area contributed by atoms with Crippen molar-refractivity contribution in [2.75, 3.05) is 0 Å². The van der Waals surface area contributed by atoms with Crippen LogP contribution in [0, 0.1) is 41.4 Å². The van der Waals surface area contributed by atoms with Gasteiger partial charge in [0.1, 0.15) is 5.60 Å². The molecule has 2 heterocycles. The molecule has 2 saturated heterocycles. The molecule has 4 aliphatic rings. The van der Waals surface area contributed by atoms with Crippen LogP contribution in [-0.2, 0) is 28.6 Å². The molecule has 9 unspecified atom stereocenters. The van der Waals surface area contributed by atoms with E-state index in [0.29, 0.717) is 11.8 Å². The van der Waals surface area contributed by atoms with Gasteiger partial charge in [0, 0.05) is 0 Å². The number of hydrogen-bond donors (Lipinski definition) is 0. The molecule has 0 N–H and O–H groups in total. The quantitative estimate of drug-likeness (QED) is 0.543. The first kappa shape index (κ1) is 18.9. The van der Waals surface area contributed by atoms with Crippen molar-refractivity contribution in [3.63, 3.8) is 0 Å². The van der Waals surface area contributed by atoms with E-state index in [1.165, 1.54) is 0 Å². The molecular weight excluding hydrogens is 348 g/mol. The minimum absolute atomic E-state index is 0.0295. The van der Waals surface area contributed by atoms with Gasteiger partial charge in [-0.05, 0) is 63.7 Å². The van der Waals surface area contributed by atoms with Crippen molar-refractivity contribution in [3.05, 3.63) is 0 Å². The molecular formula is C21H30O6. The summed E-state index contributed by atoms with van der Waals surface area (Å²) in [6.45, 7) is 9.50. The second-order valence-corrected chi connectivity index (χ2v) is 10.0. The van der Waals surface area contributed by atoms with Gasteiger partial charge in [-0.3, -0.25) is 14.4 Å². The summed E-state index contributed by atoms with van der Waals surface area (Å²) in [5.41, 5.74) is -0.494. The average Bonchev–Trinajstić information content (AvgIpc) is 3.18. The molecule has 0 aromatic heterocycles. The highest BCUT2D eigenvalue weighted by Crippen LogP contribution is 2.58. The SMILES string of the molecule is CC1CC2C3CC(C(=O)OC(C)(C)C)C(C3)C2OC1C1C(=O)OC(=O)C1C. The molecule has 0 radical (unpaired) electrons. The maximum Gasteiger partial charge on any atom is 0.320 e. The molecule has 0 amide bonds. The van der Waals surface area contributed by atoms with E-state index in [2.05, 4.69) is 6.92 Å². The van der Waals surface area contributed by atoms with Crippen molar-refractivity contribution in [3.8, 4) is 0 Å². The Morgan fingerprint density at radius 3 is 2.30 bits per heavy atom. The summed E-state index contributed by atoms with van der Waals surface area (Å²) in [6.07, 6.45) is 2.49. The van der Waals surface area contributed by atoms with Crippen molar-refractivity contribution >= 4 is 17.9 Å². The lowest BCUT2D eigenvalue weighted by molar-refractivity contribution is -0.184. The maximum atomic E-state index is 12.7. The molecule has 2 aliphatic carbocycles.